The number of aromatic amines is 1. The van der Waals surface area contributed by atoms with Crippen LogP contribution >= 0.6 is 0 Å². The van der Waals surface area contributed by atoms with Crippen LogP contribution in [0.1, 0.15) is 37.7 Å². The van der Waals surface area contributed by atoms with Crippen LogP contribution in [0, 0.1) is 0 Å². The Hall–Kier alpha value is -1.81. The smallest absolute Gasteiger partial charge is 0.323 e. The number of ether oxygens (including phenoxy) is 1. The van der Waals surface area contributed by atoms with Crippen molar-refractivity contribution >= 4 is 16.9 Å². The highest BCUT2D eigenvalue weighted by molar-refractivity contribution is 5.83. The lowest BCUT2D eigenvalue weighted by Gasteiger charge is -2.34. The van der Waals surface area contributed by atoms with Gasteiger partial charge in [-0.25, -0.2) is 0 Å². The molecule has 0 bridgehead atoms. The summed E-state index contributed by atoms with van der Waals surface area (Å²) in [6.45, 7) is 3.95. The molecule has 0 aliphatic carbocycles. The number of likely N-dealkylation sites (tertiary alicyclic amines) is 1. The first kappa shape index (κ1) is 13.8. The molecule has 4 rings (SSSR count). The third-order valence-corrected chi connectivity index (χ3v) is 5.18. The van der Waals surface area contributed by atoms with Gasteiger partial charge >= 0.3 is 5.97 Å². The first-order valence-electron chi connectivity index (χ1n) is 8.23. The molecular weight excluding hydrogens is 276 g/mol. The van der Waals surface area contributed by atoms with E-state index in [4.69, 9.17) is 4.74 Å². The third-order valence-electron chi connectivity index (χ3n) is 5.18. The predicted molar refractivity (Wildman–Crippen MR) is 85.8 cm³/mol. The second kappa shape index (κ2) is 5.43. The number of piperidine rings is 1. The van der Waals surface area contributed by atoms with E-state index in [2.05, 4.69) is 40.3 Å². The Kier molecular flexibility index (Phi) is 3.41. The lowest BCUT2D eigenvalue weighted by atomic mass is 9.88. The van der Waals surface area contributed by atoms with Gasteiger partial charge in [0.05, 0.1) is 0 Å². The molecule has 2 fully saturated rings. The van der Waals surface area contributed by atoms with Gasteiger partial charge in [0.1, 0.15) is 12.1 Å². The van der Waals surface area contributed by atoms with Gasteiger partial charge in [-0.15, -0.1) is 0 Å². The summed E-state index contributed by atoms with van der Waals surface area (Å²) in [4.78, 5) is 17.6. The van der Waals surface area contributed by atoms with Crippen LogP contribution in [0.3, 0.4) is 0 Å². The number of H-pyrrole nitrogens is 1. The maximum Gasteiger partial charge on any atom is 0.323 e. The third kappa shape index (κ3) is 2.31. The minimum Gasteiger partial charge on any atom is -0.461 e. The zero-order chi connectivity index (χ0) is 15.1. The number of carbonyl (C=O) groups is 1. The summed E-state index contributed by atoms with van der Waals surface area (Å²) in [5, 5.41) is 1.34. The van der Waals surface area contributed by atoms with Crippen LogP contribution in [0.5, 0.6) is 0 Å². The van der Waals surface area contributed by atoms with Gasteiger partial charge < -0.3 is 9.72 Å². The second-order valence-corrected chi connectivity index (χ2v) is 6.60. The Morgan fingerprint density at radius 2 is 2.00 bits per heavy atom. The highest BCUT2D eigenvalue weighted by atomic mass is 16.6. The number of nitrogens with one attached hydrogen (secondary N) is 1. The number of cyclic esters (lactones) is 1. The molecule has 3 heterocycles. The largest absolute Gasteiger partial charge is 0.461 e. The van der Waals surface area contributed by atoms with Gasteiger partial charge in [0.25, 0.3) is 0 Å². The second-order valence-electron chi connectivity index (χ2n) is 6.60. The molecule has 0 saturated carbocycles. The normalized spacial score (nSPS) is 27.4. The molecule has 2 aliphatic heterocycles. The predicted octanol–water partition coefficient (Wildman–Crippen LogP) is 3.05. The Balaban J connectivity index is 1.47. The lowest BCUT2D eigenvalue weighted by molar-refractivity contribution is -0.145. The number of nitrogens with zero attached hydrogens (tertiary/aromatic N) is 1. The summed E-state index contributed by atoms with van der Waals surface area (Å²) in [7, 11) is 0. The Bertz CT molecular complexity index is 685. The molecule has 4 heteroatoms. The molecule has 0 radical (unpaired) electrons. The summed E-state index contributed by atoms with van der Waals surface area (Å²) in [5.41, 5.74) is 2.64. The highest BCUT2D eigenvalue weighted by Crippen LogP contribution is 2.34. The zero-order valence-corrected chi connectivity index (χ0v) is 12.9. The Morgan fingerprint density at radius 3 is 2.73 bits per heavy atom. The summed E-state index contributed by atoms with van der Waals surface area (Å²) in [6, 6.07) is 8.48. The highest BCUT2D eigenvalue weighted by Gasteiger charge is 2.38. The van der Waals surface area contributed by atoms with Crippen LogP contribution in [0.25, 0.3) is 10.9 Å². The first-order valence-corrected chi connectivity index (χ1v) is 8.23. The fourth-order valence-electron chi connectivity index (χ4n) is 3.99. The fourth-order valence-corrected chi connectivity index (χ4v) is 3.99. The van der Waals surface area contributed by atoms with E-state index < -0.39 is 0 Å². The van der Waals surface area contributed by atoms with E-state index in [0.29, 0.717) is 5.92 Å². The average Bonchev–Trinajstić information content (AvgIpc) is 3.10. The molecule has 2 atom stereocenters. The number of hydrogen-bond acceptors (Lipinski definition) is 3. The number of hydrogen-bond donors (Lipinski definition) is 1. The average molecular weight is 298 g/mol. The van der Waals surface area contributed by atoms with E-state index in [0.717, 1.165) is 32.4 Å². The van der Waals surface area contributed by atoms with Gasteiger partial charge in [0, 0.05) is 23.5 Å². The number of carbonyl (C=O) groups excluding carboxylic acids is 1. The minimum absolute atomic E-state index is 0.0149. The van der Waals surface area contributed by atoms with Crippen molar-refractivity contribution in [2.45, 2.75) is 44.2 Å². The molecule has 2 aromatic rings. The Labute approximate surface area is 130 Å². The summed E-state index contributed by atoms with van der Waals surface area (Å²) in [6.07, 6.45) is 5.30. The lowest BCUT2D eigenvalue weighted by Crippen LogP contribution is -2.43. The van der Waals surface area contributed by atoms with E-state index in [-0.39, 0.29) is 18.1 Å². The van der Waals surface area contributed by atoms with Crippen molar-refractivity contribution in [2.75, 3.05) is 13.1 Å². The number of fused-ring (bicyclic) bond motifs is 1. The van der Waals surface area contributed by atoms with Gasteiger partial charge in [0.2, 0.25) is 0 Å². The van der Waals surface area contributed by atoms with Gasteiger partial charge in [0.15, 0.2) is 0 Å². The first-order chi connectivity index (χ1) is 10.7. The molecule has 0 unspecified atom stereocenters. The summed E-state index contributed by atoms with van der Waals surface area (Å²) >= 11 is 0. The van der Waals surface area contributed by atoms with Gasteiger partial charge in [-0.3, -0.25) is 9.69 Å². The van der Waals surface area contributed by atoms with Crippen molar-refractivity contribution in [1.82, 2.24) is 9.88 Å². The van der Waals surface area contributed by atoms with Crippen molar-refractivity contribution in [3.8, 4) is 0 Å². The van der Waals surface area contributed by atoms with Crippen LogP contribution in [0.4, 0.5) is 0 Å². The number of para-hydroxylation sites is 1. The van der Waals surface area contributed by atoms with Gasteiger partial charge in [-0.1, -0.05) is 18.2 Å². The molecule has 1 N–H and O–H groups in total. The van der Waals surface area contributed by atoms with E-state index >= 15 is 0 Å². The molecule has 0 spiro atoms. The standard InChI is InChI=1S/C18H22N2O2/c1-12-10-17(18(21)22-12)20-8-6-13(7-9-20)15-11-19-16-5-3-2-4-14(15)16/h2-5,11-13,17,19H,6-10H2,1H3/t12-,17+/m0/s1. The van der Waals surface area contributed by atoms with E-state index in [9.17, 15) is 4.79 Å². The summed E-state index contributed by atoms with van der Waals surface area (Å²) < 4.78 is 5.30. The number of esters is 1. The van der Waals surface area contributed by atoms with E-state index in [1.807, 2.05) is 6.92 Å². The van der Waals surface area contributed by atoms with Crippen LogP contribution in [0.2, 0.25) is 0 Å². The number of benzene rings is 1. The molecule has 22 heavy (non-hydrogen) atoms. The Morgan fingerprint density at radius 1 is 1.23 bits per heavy atom. The van der Waals surface area contributed by atoms with Crippen LogP contribution in [-0.2, 0) is 9.53 Å². The molecule has 1 aromatic heterocycles. The van der Waals surface area contributed by atoms with Crippen molar-refractivity contribution < 1.29 is 9.53 Å². The van der Waals surface area contributed by atoms with Gasteiger partial charge in [-0.05, 0) is 50.4 Å². The monoisotopic (exact) mass is 298 g/mol. The SMILES string of the molecule is C[C@H]1C[C@@H](N2CCC(c3c[nH]c4ccccc34)CC2)C(=O)O1. The van der Waals surface area contributed by atoms with Crippen molar-refractivity contribution in [1.29, 1.82) is 0 Å². The van der Waals surface area contributed by atoms with Crippen LogP contribution in [-0.4, -0.2) is 41.1 Å². The van der Waals surface area contributed by atoms with Crippen molar-refractivity contribution in [3.63, 3.8) is 0 Å². The molecule has 2 aliphatic rings. The van der Waals surface area contributed by atoms with Crippen LogP contribution in [0.15, 0.2) is 30.5 Å². The quantitative estimate of drug-likeness (QED) is 0.867. The minimum atomic E-state index is -0.0296. The van der Waals surface area contributed by atoms with Gasteiger partial charge in [-0.2, -0.15) is 0 Å². The molecule has 1 aromatic carbocycles. The molecule has 116 valence electrons. The topological polar surface area (TPSA) is 45.3 Å². The maximum atomic E-state index is 11.9. The van der Waals surface area contributed by atoms with Crippen molar-refractivity contribution in [2.24, 2.45) is 0 Å². The number of rotatable bonds is 2. The summed E-state index contributed by atoms with van der Waals surface area (Å²) in [5.74, 6) is 0.556. The van der Waals surface area contributed by atoms with Crippen molar-refractivity contribution in [3.05, 3.63) is 36.0 Å². The van der Waals surface area contributed by atoms with E-state index in [1.54, 1.807) is 0 Å². The molecule has 0 amide bonds. The fraction of sp³-hybridized carbons (Fsp3) is 0.500. The molecule has 2 saturated heterocycles. The van der Waals surface area contributed by atoms with Crippen LogP contribution < -0.4 is 0 Å². The maximum absolute atomic E-state index is 11.9. The zero-order valence-electron chi connectivity index (χ0n) is 12.9. The molecular formula is C18H22N2O2. The molecule has 4 nitrogen and oxygen atoms in total. The van der Waals surface area contributed by atoms with E-state index in [1.165, 1.54) is 16.5 Å². The number of aromatic nitrogens is 1.